The van der Waals surface area contributed by atoms with Crippen LogP contribution in [0.4, 0.5) is 34.1 Å². The second-order valence-electron chi connectivity index (χ2n) is 23.3. The second kappa shape index (κ2) is 12.7. The summed E-state index contributed by atoms with van der Waals surface area (Å²) in [5, 5.41) is 5.32. The first-order chi connectivity index (χ1) is 30.2. The molecule has 3 nitrogen and oxygen atoms in total. The van der Waals surface area contributed by atoms with Gasteiger partial charge in [0, 0.05) is 53.7 Å². The molecule has 64 heavy (non-hydrogen) atoms. The molecular formula is C59H58BN3S. The molecule has 0 saturated heterocycles. The van der Waals surface area contributed by atoms with Gasteiger partial charge in [-0.15, -0.1) is 11.3 Å². The van der Waals surface area contributed by atoms with Crippen LogP contribution in [0, 0.1) is 6.92 Å². The predicted molar refractivity (Wildman–Crippen MR) is 281 cm³/mol. The molecule has 5 heteroatoms. The molecule has 0 atom stereocenters. The van der Waals surface area contributed by atoms with Crippen LogP contribution in [0.3, 0.4) is 0 Å². The standard InChI is InChI=1S/C59H58BN3S/c1-33-24-47-53-48(25-33)63-49-30-36(58(8,9)10)27-42-41-26-34(56(2,3)4)18-22-45(41)62(54(42)49)50-31-37(59(11,12)13)29-44(55(50)63)60(53)43-28-35(57(5,6)7)19-23-46(43)61(47)38-20-21-40-39-16-14-15-17-51(39)64-52(40)32-38/h14-32H,1-13H3. The molecule has 9 aromatic rings. The Hall–Kier alpha value is -5.78. The Balaban J connectivity index is 1.24. The molecule has 2 aromatic heterocycles. The average Bonchev–Trinajstić information content (AvgIpc) is 3.76. The van der Waals surface area contributed by atoms with Gasteiger partial charge in [-0.3, -0.25) is 0 Å². The molecule has 0 saturated carbocycles. The van der Waals surface area contributed by atoms with E-state index in [0.29, 0.717) is 0 Å². The van der Waals surface area contributed by atoms with Gasteiger partial charge < -0.3 is 14.4 Å². The summed E-state index contributed by atoms with van der Waals surface area (Å²) < 4.78 is 5.30. The quantitative estimate of drug-likeness (QED) is 0.152. The highest BCUT2D eigenvalue weighted by Crippen LogP contribution is 2.55. The largest absolute Gasteiger partial charge is 0.311 e. The zero-order chi connectivity index (χ0) is 44.7. The van der Waals surface area contributed by atoms with E-state index in [4.69, 9.17) is 0 Å². The molecule has 0 unspecified atom stereocenters. The van der Waals surface area contributed by atoms with E-state index >= 15 is 0 Å². The summed E-state index contributed by atoms with van der Waals surface area (Å²) in [6, 6.07) is 45.8. The maximum absolute atomic E-state index is 2.70. The van der Waals surface area contributed by atoms with Gasteiger partial charge in [0.15, 0.2) is 0 Å². The molecule has 0 fully saturated rings. The lowest BCUT2D eigenvalue weighted by Crippen LogP contribution is -2.62. The lowest BCUT2D eigenvalue weighted by molar-refractivity contribution is 0.590. The average molecular weight is 852 g/mol. The molecule has 0 aliphatic carbocycles. The summed E-state index contributed by atoms with van der Waals surface area (Å²) in [6.45, 7) is 30.7. The van der Waals surface area contributed by atoms with Gasteiger partial charge in [-0.25, -0.2) is 0 Å². The number of aromatic nitrogens is 1. The highest BCUT2D eigenvalue weighted by Gasteiger charge is 2.47. The van der Waals surface area contributed by atoms with Gasteiger partial charge in [-0.05, 0) is 140 Å². The van der Waals surface area contributed by atoms with Crippen LogP contribution in [0.2, 0.25) is 0 Å². The third-order valence-electron chi connectivity index (χ3n) is 14.7. The topological polar surface area (TPSA) is 11.4 Å². The van der Waals surface area contributed by atoms with E-state index in [1.165, 1.54) is 126 Å². The Labute approximate surface area is 383 Å². The molecule has 0 bridgehead atoms. The Morgan fingerprint density at radius 3 is 1.75 bits per heavy atom. The molecule has 0 radical (unpaired) electrons. The minimum atomic E-state index is -0.0823. The van der Waals surface area contributed by atoms with Crippen LogP contribution in [0.15, 0.2) is 115 Å². The fraction of sp³-hybridized carbons (Fsp3) is 0.288. The monoisotopic (exact) mass is 851 g/mol. The molecular weight excluding hydrogens is 794 g/mol. The number of thiophene rings is 1. The van der Waals surface area contributed by atoms with Gasteiger partial charge in [0.05, 0.1) is 28.1 Å². The van der Waals surface area contributed by atoms with E-state index in [1.54, 1.807) is 0 Å². The van der Waals surface area contributed by atoms with E-state index in [2.05, 4.69) is 220 Å². The predicted octanol–water partition coefficient (Wildman–Crippen LogP) is 15.0. The van der Waals surface area contributed by atoms with Crippen molar-refractivity contribution >= 4 is 111 Å². The van der Waals surface area contributed by atoms with Gasteiger partial charge in [0.25, 0.3) is 6.71 Å². The lowest BCUT2D eigenvalue weighted by Gasteiger charge is -2.47. The van der Waals surface area contributed by atoms with Gasteiger partial charge in [0.1, 0.15) is 0 Å². The number of aryl methyl sites for hydroxylation is 1. The van der Waals surface area contributed by atoms with Crippen molar-refractivity contribution < 1.29 is 0 Å². The minimum Gasteiger partial charge on any atom is -0.311 e. The third kappa shape index (κ3) is 5.52. The summed E-state index contributed by atoms with van der Waals surface area (Å²) >= 11 is 1.90. The molecule has 0 amide bonds. The number of nitrogens with zero attached hydrogens (tertiary/aromatic N) is 3. The van der Waals surface area contributed by atoms with Crippen LogP contribution in [0.5, 0.6) is 0 Å². The summed E-state index contributed by atoms with van der Waals surface area (Å²) in [6.07, 6.45) is 0. The van der Waals surface area contributed by atoms with Crippen molar-refractivity contribution in [2.45, 2.75) is 112 Å². The van der Waals surface area contributed by atoms with Gasteiger partial charge in [0.2, 0.25) is 0 Å². The van der Waals surface area contributed by atoms with E-state index in [-0.39, 0.29) is 28.4 Å². The van der Waals surface area contributed by atoms with Gasteiger partial charge in [-0.1, -0.05) is 132 Å². The summed E-state index contributed by atoms with van der Waals surface area (Å²) in [5.74, 6) is 0. The van der Waals surface area contributed by atoms with Crippen molar-refractivity contribution in [3.8, 4) is 5.69 Å². The van der Waals surface area contributed by atoms with E-state index in [1.807, 2.05) is 11.3 Å². The highest BCUT2D eigenvalue weighted by atomic mass is 32.1. The second-order valence-corrected chi connectivity index (χ2v) is 24.3. The van der Waals surface area contributed by atoms with Crippen molar-refractivity contribution in [1.29, 1.82) is 0 Å². The fourth-order valence-electron chi connectivity index (χ4n) is 11.1. The third-order valence-corrected chi connectivity index (χ3v) is 15.8. The van der Waals surface area contributed by atoms with Crippen LogP contribution in [0.25, 0.3) is 47.7 Å². The maximum atomic E-state index is 2.70. The highest BCUT2D eigenvalue weighted by molar-refractivity contribution is 7.25. The smallest absolute Gasteiger partial charge is 0.252 e. The Kier molecular flexibility index (Phi) is 7.91. The minimum absolute atomic E-state index is 0.0225. The molecule has 12 rings (SSSR count). The van der Waals surface area contributed by atoms with Crippen molar-refractivity contribution in [3.63, 3.8) is 0 Å². The van der Waals surface area contributed by atoms with E-state index < -0.39 is 0 Å². The molecule has 0 N–H and O–H groups in total. The van der Waals surface area contributed by atoms with E-state index in [9.17, 15) is 0 Å². The first kappa shape index (κ1) is 39.8. The lowest BCUT2D eigenvalue weighted by atomic mass is 9.33. The number of benzene rings is 7. The van der Waals surface area contributed by atoms with Crippen LogP contribution >= 0.6 is 11.3 Å². The first-order valence-electron chi connectivity index (χ1n) is 23.3. The van der Waals surface area contributed by atoms with Crippen molar-refractivity contribution in [1.82, 2.24) is 4.57 Å². The number of rotatable bonds is 1. The van der Waals surface area contributed by atoms with Gasteiger partial charge in [-0.2, -0.15) is 0 Å². The molecule has 0 spiro atoms. The Morgan fingerprint density at radius 1 is 0.438 bits per heavy atom. The fourth-order valence-corrected chi connectivity index (χ4v) is 12.3. The number of hydrogen-bond donors (Lipinski definition) is 0. The van der Waals surface area contributed by atoms with Crippen LogP contribution in [0.1, 0.15) is 111 Å². The van der Waals surface area contributed by atoms with Crippen molar-refractivity contribution in [3.05, 3.63) is 143 Å². The van der Waals surface area contributed by atoms with Gasteiger partial charge >= 0.3 is 0 Å². The number of hydrogen-bond acceptors (Lipinski definition) is 3. The van der Waals surface area contributed by atoms with Crippen molar-refractivity contribution in [2.75, 3.05) is 9.80 Å². The zero-order valence-electron chi connectivity index (χ0n) is 39.8. The van der Waals surface area contributed by atoms with Crippen LogP contribution in [-0.4, -0.2) is 11.3 Å². The normalized spacial score (nSPS) is 14.5. The maximum Gasteiger partial charge on any atom is 0.252 e. The SMILES string of the molecule is Cc1cc2c3c(c1)N1c4c(cc(C(C)(C)C)cc4-n4c5ccc(C(C)(C)C)cc5c5cc(C(C)(C)C)cc1c54)B3c1cc(C(C)(C)C)ccc1N2c1ccc2c(c1)sc1ccccc12. The van der Waals surface area contributed by atoms with Crippen molar-refractivity contribution in [2.24, 2.45) is 0 Å². The summed E-state index contributed by atoms with van der Waals surface area (Å²) in [7, 11) is 0. The summed E-state index contributed by atoms with van der Waals surface area (Å²) in [5.41, 5.74) is 22.2. The summed E-state index contributed by atoms with van der Waals surface area (Å²) in [4.78, 5) is 5.30. The number of fused-ring (bicyclic) bond motifs is 12. The Morgan fingerprint density at radius 2 is 1.03 bits per heavy atom. The van der Waals surface area contributed by atoms with Crippen LogP contribution in [-0.2, 0) is 21.7 Å². The molecule has 3 aliphatic heterocycles. The molecule has 7 aromatic carbocycles. The first-order valence-corrected chi connectivity index (χ1v) is 24.1. The zero-order valence-corrected chi connectivity index (χ0v) is 40.6. The van der Waals surface area contributed by atoms with Crippen LogP contribution < -0.4 is 26.2 Å². The number of anilines is 6. The molecule has 5 heterocycles. The molecule has 318 valence electrons. The van der Waals surface area contributed by atoms with E-state index in [0.717, 1.165) is 0 Å². The molecule has 3 aliphatic rings. The Bertz CT molecular complexity index is 3520.